The third-order valence-corrected chi connectivity index (χ3v) is 4.11. The van der Waals surface area contributed by atoms with Crippen LogP contribution in [0, 0.1) is 0 Å². The first-order valence-corrected chi connectivity index (χ1v) is 8.34. The van der Waals surface area contributed by atoms with Crippen LogP contribution in [0.15, 0.2) is 29.6 Å². The van der Waals surface area contributed by atoms with Gasteiger partial charge in [0.2, 0.25) is 0 Å². The highest BCUT2D eigenvalue weighted by molar-refractivity contribution is 7.09. The SMILES string of the molecule is CCCOc1ccc(OC(=O)Cc2csc(C(C)C)n2)cc1. The molecule has 0 aliphatic heterocycles. The molecule has 1 heterocycles. The lowest BCUT2D eigenvalue weighted by Gasteiger charge is -2.06. The molecule has 0 saturated carbocycles. The molecule has 0 atom stereocenters. The van der Waals surface area contributed by atoms with E-state index in [1.54, 1.807) is 35.6 Å². The minimum absolute atomic E-state index is 0.192. The van der Waals surface area contributed by atoms with Crippen LogP contribution in [-0.2, 0) is 11.2 Å². The van der Waals surface area contributed by atoms with Gasteiger partial charge in [-0.2, -0.15) is 0 Å². The topological polar surface area (TPSA) is 48.4 Å². The van der Waals surface area contributed by atoms with Gasteiger partial charge in [0, 0.05) is 11.3 Å². The van der Waals surface area contributed by atoms with Crippen LogP contribution in [0.3, 0.4) is 0 Å². The normalized spacial score (nSPS) is 10.7. The molecule has 5 heteroatoms. The molecule has 1 aromatic heterocycles. The fraction of sp³-hybridized carbons (Fsp3) is 0.412. The number of nitrogens with zero attached hydrogens (tertiary/aromatic N) is 1. The molecular formula is C17H21NO3S. The van der Waals surface area contributed by atoms with Gasteiger partial charge >= 0.3 is 5.97 Å². The molecule has 0 radical (unpaired) electrons. The molecule has 0 bridgehead atoms. The van der Waals surface area contributed by atoms with Crippen LogP contribution in [0.1, 0.15) is 43.8 Å². The van der Waals surface area contributed by atoms with E-state index >= 15 is 0 Å². The monoisotopic (exact) mass is 319 g/mol. The number of aromatic nitrogens is 1. The number of carbonyl (C=O) groups excluding carboxylic acids is 1. The van der Waals surface area contributed by atoms with Gasteiger partial charge in [0.05, 0.1) is 23.7 Å². The Labute approximate surface area is 135 Å². The van der Waals surface area contributed by atoms with E-state index in [-0.39, 0.29) is 12.4 Å². The van der Waals surface area contributed by atoms with Gasteiger partial charge in [-0.25, -0.2) is 4.98 Å². The van der Waals surface area contributed by atoms with E-state index in [9.17, 15) is 4.79 Å². The third-order valence-electron chi connectivity index (χ3n) is 2.92. The highest BCUT2D eigenvalue weighted by atomic mass is 32.1. The lowest BCUT2D eigenvalue weighted by molar-refractivity contribution is -0.133. The molecule has 22 heavy (non-hydrogen) atoms. The summed E-state index contributed by atoms with van der Waals surface area (Å²) in [5, 5.41) is 2.96. The van der Waals surface area contributed by atoms with E-state index in [1.807, 2.05) is 5.38 Å². The van der Waals surface area contributed by atoms with Crippen molar-refractivity contribution in [2.75, 3.05) is 6.61 Å². The van der Waals surface area contributed by atoms with E-state index in [2.05, 4.69) is 25.8 Å². The van der Waals surface area contributed by atoms with Gasteiger partial charge in [-0.15, -0.1) is 11.3 Å². The summed E-state index contributed by atoms with van der Waals surface area (Å²) in [6.45, 7) is 6.91. The largest absolute Gasteiger partial charge is 0.494 e. The number of hydrogen-bond donors (Lipinski definition) is 0. The van der Waals surface area contributed by atoms with Crippen molar-refractivity contribution in [3.8, 4) is 11.5 Å². The molecule has 118 valence electrons. The molecule has 0 unspecified atom stereocenters. The second-order valence-electron chi connectivity index (χ2n) is 5.30. The molecule has 0 aliphatic carbocycles. The standard InChI is InChI=1S/C17H21NO3S/c1-4-9-20-14-5-7-15(8-6-14)21-16(19)10-13-11-22-17(18-13)12(2)3/h5-8,11-12H,4,9-10H2,1-3H3. The zero-order chi connectivity index (χ0) is 15.9. The second kappa shape index (κ2) is 7.94. The molecule has 0 fully saturated rings. The maximum absolute atomic E-state index is 11.9. The average Bonchev–Trinajstić information content (AvgIpc) is 2.95. The Balaban J connectivity index is 1.88. The predicted octanol–water partition coefficient (Wildman–Crippen LogP) is 4.20. The molecule has 0 amide bonds. The Kier molecular flexibility index (Phi) is 5.95. The molecular weight excluding hydrogens is 298 g/mol. The van der Waals surface area contributed by atoms with E-state index < -0.39 is 0 Å². The Morgan fingerprint density at radius 2 is 1.91 bits per heavy atom. The fourth-order valence-corrected chi connectivity index (χ4v) is 2.64. The summed E-state index contributed by atoms with van der Waals surface area (Å²) in [7, 11) is 0. The molecule has 1 aromatic carbocycles. The molecule has 4 nitrogen and oxygen atoms in total. The number of thiazole rings is 1. The lowest BCUT2D eigenvalue weighted by Crippen LogP contribution is -2.11. The van der Waals surface area contributed by atoms with Gasteiger partial charge in [-0.05, 0) is 30.7 Å². The Bertz CT molecular complexity index is 605. The van der Waals surface area contributed by atoms with Gasteiger partial charge in [-0.1, -0.05) is 20.8 Å². The number of esters is 1. The maximum atomic E-state index is 11.9. The smallest absolute Gasteiger partial charge is 0.317 e. The van der Waals surface area contributed by atoms with Crippen LogP contribution in [0.5, 0.6) is 11.5 Å². The number of carbonyl (C=O) groups is 1. The zero-order valence-electron chi connectivity index (χ0n) is 13.2. The minimum Gasteiger partial charge on any atom is -0.494 e. The quantitative estimate of drug-likeness (QED) is 0.567. The summed E-state index contributed by atoms with van der Waals surface area (Å²) in [6, 6.07) is 7.09. The Morgan fingerprint density at radius 3 is 2.50 bits per heavy atom. The van der Waals surface area contributed by atoms with Gasteiger partial charge in [0.15, 0.2) is 0 Å². The van der Waals surface area contributed by atoms with E-state index in [0.717, 1.165) is 22.9 Å². The van der Waals surface area contributed by atoms with Gasteiger partial charge in [-0.3, -0.25) is 4.79 Å². The van der Waals surface area contributed by atoms with E-state index in [0.29, 0.717) is 18.3 Å². The van der Waals surface area contributed by atoms with Gasteiger partial charge in [0.25, 0.3) is 0 Å². The first kappa shape index (κ1) is 16.5. The van der Waals surface area contributed by atoms with Crippen LogP contribution >= 0.6 is 11.3 Å². The van der Waals surface area contributed by atoms with Crippen molar-refractivity contribution in [3.63, 3.8) is 0 Å². The zero-order valence-corrected chi connectivity index (χ0v) is 14.0. The van der Waals surface area contributed by atoms with Crippen LogP contribution in [-0.4, -0.2) is 17.6 Å². The number of hydrogen-bond acceptors (Lipinski definition) is 5. The summed E-state index contributed by atoms with van der Waals surface area (Å²) in [4.78, 5) is 16.4. The second-order valence-corrected chi connectivity index (χ2v) is 6.19. The molecule has 0 aliphatic rings. The summed E-state index contributed by atoms with van der Waals surface area (Å²) < 4.78 is 10.8. The van der Waals surface area contributed by atoms with Crippen molar-refractivity contribution in [1.29, 1.82) is 0 Å². The van der Waals surface area contributed by atoms with Crippen molar-refractivity contribution >= 4 is 17.3 Å². The number of benzene rings is 1. The summed E-state index contributed by atoms with van der Waals surface area (Å²) in [5.41, 5.74) is 0.765. The summed E-state index contributed by atoms with van der Waals surface area (Å²) in [5.74, 6) is 1.38. The van der Waals surface area contributed by atoms with Crippen LogP contribution in [0.25, 0.3) is 0 Å². The Morgan fingerprint density at radius 1 is 1.23 bits per heavy atom. The first-order valence-electron chi connectivity index (χ1n) is 7.46. The third kappa shape index (κ3) is 4.84. The predicted molar refractivity (Wildman–Crippen MR) is 87.8 cm³/mol. The van der Waals surface area contributed by atoms with Crippen molar-refractivity contribution < 1.29 is 14.3 Å². The Hall–Kier alpha value is -1.88. The molecule has 0 saturated heterocycles. The van der Waals surface area contributed by atoms with E-state index in [4.69, 9.17) is 9.47 Å². The van der Waals surface area contributed by atoms with Crippen molar-refractivity contribution in [3.05, 3.63) is 40.3 Å². The summed E-state index contributed by atoms with van der Waals surface area (Å²) in [6.07, 6.45) is 1.15. The first-order chi connectivity index (χ1) is 10.6. The molecule has 0 N–H and O–H groups in total. The minimum atomic E-state index is -0.303. The van der Waals surface area contributed by atoms with Crippen LogP contribution < -0.4 is 9.47 Å². The lowest BCUT2D eigenvalue weighted by atomic mass is 10.2. The van der Waals surface area contributed by atoms with Crippen LogP contribution in [0.2, 0.25) is 0 Å². The van der Waals surface area contributed by atoms with Crippen molar-refractivity contribution in [2.24, 2.45) is 0 Å². The summed E-state index contributed by atoms with van der Waals surface area (Å²) >= 11 is 1.58. The van der Waals surface area contributed by atoms with Gasteiger partial charge in [0.1, 0.15) is 11.5 Å². The van der Waals surface area contributed by atoms with Gasteiger partial charge < -0.3 is 9.47 Å². The average molecular weight is 319 g/mol. The van der Waals surface area contributed by atoms with E-state index in [1.165, 1.54) is 0 Å². The number of rotatable bonds is 7. The fourth-order valence-electron chi connectivity index (χ4n) is 1.81. The highest BCUT2D eigenvalue weighted by Gasteiger charge is 2.11. The van der Waals surface area contributed by atoms with Crippen molar-refractivity contribution in [1.82, 2.24) is 4.98 Å². The van der Waals surface area contributed by atoms with Crippen molar-refractivity contribution in [2.45, 2.75) is 39.5 Å². The molecule has 0 spiro atoms. The highest BCUT2D eigenvalue weighted by Crippen LogP contribution is 2.21. The maximum Gasteiger partial charge on any atom is 0.317 e. The van der Waals surface area contributed by atoms with Crippen LogP contribution in [0.4, 0.5) is 0 Å². The number of ether oxygens (including phenoxy) is 2. The molecule has 2 aromatic rings. The molecule has 2 rings (SSSR count).